The predicted molar refractivity (Wildman–Crippen MR) is 101 cm³/mol. The molecule has 1 heterocycles. The second kappa shape index (κ2) is 11.0. The van der Waals surface area contributed by atoms with Gasteiger partial charge in [0.15, 0.2) is 5.96 Å². The summed E-state index contributed by atoms with van der Waals surface area (Å²) in [5.74, 6) is 1.18. The van der Waals surface area contributed by atoms with Crippen LogP contribution < -0.4 is 22.3 Å². The summed E-state index contributed by atoms with van der Waals surface area (Å²) in [4.78, 5) is 8.03. The molecule has 0 spiro atoms. The summed E-state index contributed by atoms with van der Waals surface area (Å²) in [5, 5.41) is 7.07. The van der Waals surface area contributed by atoms with Gasteiger partial charge in [0.25, 0.3) is 0 Å². The van der Waals surface area contributed by atoms with Gasteiger partial charge in [0, 0.05) is 23.3 Å². The number of rotatable bonds is 7. The minimum Gasteiger partial charge on any atom is -0.386 e. The number of nitrogens with zero attached hydrogens (tertiary/aromatic N) is 3. The molecule has 0 aliphatic rings. The van der Waals surface area contributed by atoms with Crippen LogP contribution in [-0.2, 0) is 16.0 Å². The van der Waals surface area contributed by atoms with Crippen LogP contribution in [0.2, 0.25) is 0 Å². The fourth-order valence-electron chi connectivity index (χ4n) is 1.09. The molecule has 0 saturated heterocycles. The second-order valence-corrected chi connectivity index (χ2v) is 6.71. The van der Waals surface area contributed by atoms with E-state index in [9.17, 15) is 8.42 Å². The van der Waals surface area contributed by atoms with Crippen LogP contribution in [0.4, 0.5) is 5.13 Å². The van der Waals surface area contributed by atoms with Crippen LogP contribution >= 0.6 is 52.5 Å². The number of guanidine groups is 1. The van der Waals surface area contributed by atoms with Gasteiger partial charge in [-0.3, -0.25) is 0 Å². The fourth-order valence-corrected chi connectivity index (χ4v) is 3.17. The van der Waals surface area contributed by atoms with Crippen LogP contribution in [0, 0.1) is 0 Å². The molecule has 0 amide bonds. The lowest BCUT2D eigenvalue weighted by atomic mass is 10.5. The predicted octanol–water partition coefficient (Wildman–Crippen LogP) is 0.232. The highest BCUT2D eigenvalue weighted by Crippen LogP contribution is 2.21. The molecule has 0 unspecified atom stereocenters. The maximum atomic E-state index is 10.6. The first-order chi connectivity index (χ1) is 9.26. The van der Waals surface area contributed by atoms with Crippen molar-refractivity contribution >= 4 is 79.6 Å². The molecule has 0 saturated carbocycles. The van der Waals surface area contributed by atoms with E-state index in [0.29, 0.717) is 23.1 Å². The molecule has 9 nitrogen and oxygen atoms in total. The maximum Gasteiger partial charge on any atom is 0.318 e. The number of thioether (sulfide) groups is 1. The van der Waals surface area contributed by atoms with Gasteiger partial charge in [0.1, 0.15) is 5.84 Å². The number of halogens is 2. The minimum absolute atomic E-state index is 0. The standard InChI is InChI=1S/C8H15N7O2S3.BrH.ClH/c9-6(15-20(12,16)17)1-2-18-3-5-4-19-8(13-5)14-7(10)11;;/h4H,1-3H2,(H2,9,15)(H2,12,16,17)(H4,10,11,13,14);2*1H. The van der Waals surface area contributed by atoms with Crippen molar-refractivity contribution in [2.45, 2.75) is 12.2 Å². The number of hydrogen-bond acceptors (Lipinski definition) is 6. The van der Waals surface area contributed by atoms with Crippen LogP contribution in [0.15, 0.2) is 14.8 Å². The van der Waals surface area contributed by atoms with Gasteiger partial charge in [-0.25, -0.2) is 10.1 Å². The first-order valence-corrected chi connectivity index (χ1v) is 8.79. The molecule has 0 aliphatic carbocycles. The van der Waals surface area contributed by atoms with E-state index in [0.717, 1.165) is 5.69 Å². The second-order valence-electron chi connectivity index (χ2n) is 3.56. The van der Waals surface area contributed by atoms with E-state index in [1.54, 1.807) is 0 Å². The van der Waals surface area contributed by atoms with E-state index >= 15 is 0 Å². The summed E-state index contributed by atoms with van der Waals surface area (Å²) in [6.45, 7) is 0. The topological polar surface area (TPSA) is 176 Å². The van der Waals surface area contributed by atoms with Crippen molar-refractivity contribution in [3.8, 4) is 0 Å². The highest BCUT2D eigenvalue weighted by molar-refractivity contribution is 8.93. The zero-order chi connectivity index (χ0) is 15.2. The zero-order valence-corrected chi connectivity index (χ0v) is 16.2. The maximum absolute atomic E-state index is 10.6. The molecule has 0 atom stereocenters. The summed E-state index contributed by atoms with van der Waals surface area (Å²) in [6, 6.07) is 0. The first-order valence-electron chi connectivity index (χ1n) is 5.25. The molecule has 128 valence electrons. The molecule has 0 aromatic carbocycles. The average molecular weight is 455 g/mol. The zero-order valence-electron chi connectivity index (χ0n) is 11.2. The molecular weight excluding hydrogens is 438 g/mol. The van der Waals surface area contributed by atoms with Gasteiger partial charge in [-0.2, -0.15) is 25.2 Å². The van der Waals surface area contributed by atoms with Crippen molar-refractivity contribution in [3.63, 3.8) is 0 Å². The van der Waals surface area contributed by atoms with Crippen molar-refractivity contribution in [2.75, 3.05) is 5.75 Å². The van der Waals surface area contributed by atoms with Crippen LogP contribution in [0.1, 0.15) is 12.1 Å². The molecule has 22 heavy (non-hydrogen) atoms. The first kappa shape index (κ1) is 23.7. The number of thiazole rings is 1. The van der Waals surface area contributed by atoms with Gasteiger partial charge in [-0.1, -0.05) is 0 Å². The Hall–Kier alpha value is -0.600. The van der Waals surface area contributed by atoms with E-state index in [-0.39, 0.29) is 41.2 Å². The number of amidine groups is 1. The molecule has 1 aromatic heterocycles. The van der Waals surface area contributed by atoms with Crippen LogP contribution in [0.3, 0.4) is 0 Å². The molecule has 1 aromatic rings. The quantitative estimate of drug-likeness (QED) is 0.259. The normalized spacial score (nSPS) is 11.2. The Labute approximate surface area is 153 Å². The number of nitrogens with two attached hydrogens (primary N) is 4. The monoisotopic (exact) mass is 453 g/mol. The number of hydrogen-bond donors (Lipinski definition) is 4. The summed E-state index contributed by atoms with van der Waals surface area (Å²) < 4.78 is 24.5. The van der Waals surface area contributed by atoms with Crippen molar-refractivity contribution in [1.82, 2.24) is 4.98 Å². The third-order valence-electron chi connectivity index (χ3n) is 1.76. The Balaban J connectivity index is 0. The van der Waals surface area contributed by atoms with Gasteiger partial charge < -0.3 is 17.2 Å². The lowest BCUT2D eigenvalue weighted by Gasteiger charge is -1.99. The molecule has 1 rings (SSSR count). The Morgan fingerprint density at radius 1 is 1.36 bits per heavy atom. The van der Waals surface area contributed by atoms with Crippen molar-refractivity contribution < 1.29 is 8.42 Å². The summed E-state index contributed by atoms with van der Waals surface area (Å²) in [5.41, 5.74) is 16.7. The van der Waals surface area contributed by atoms with Crippen molar-refractivity contribution in [3.05, 3.63) is 11.1 Å². The third-order valence-corrected chi connectivity index (χ3v) is 4.03. The molecule has 0 fully saturated rings. The van der Waals surface area contributed by atoms with Crippen LogP contribution in [0.5, 0.6) is 0 Å². The van der Waals surface area contributed by atoms with E-state index < -0.39 is 10.2 Å². The lowest BCUT2D eigenvalue weighted by Crippen LogP contribution is -2.21. The van der Waals surface area contributed by atoms with Gasteiger partial charge in [-0.15, -0.1) is 45.1 Å². The molecule has 0 bridgehead atoms. The molecule has 14 heteroatoms. The third kappa shape index (κ3) is 11.0. The highest BCUT2D eigenvalue weighted by atomic mass is 79.9. The Morgan fingerprint density at radius 2 is 2.00 bits per heavy atom. The van der Waals surface area contributed by atoms with E-state index in [1.807, 2.05) is 5.38 Å². The minimum atomic E-state index is -3.92. The number of aliphatic imine (C=N–C) groups is 1. The van der Waals surface area contributed by atoms with Gasteiger partial charge >= 0.3 is 10.2 Å². The van der Waals surface area contributed by atoms with Crippen molar-refractivity contribution in [2.24, 2.45) is 31.7 Å². The molecule has 8 N–H and O–H groups in total. The Morgan fingerprint density at radius 3 is 2.55 bits per heavy atom. The van der Waals surface area contributed by atoms with E-state index in [4.69, 9.17) is 22.3 Å². The Bertz CT molecular complexity index is 615. The fraction of sp³-hybridized carbons (Fsp3) is 0.375. The SMILES string of the molecule is Br.Cl.NC(N)=Nc1nc(CSCCC(N)=NS(N)(=O)=O)cs1. The van der Waals surface area contributed by atoms with Crippen LogP contribution in [-0.4, -0.2) is 30.9 Å². The summed E-state index contributed by atoms with van der Waals surface area (Å²) in [7, 11) is -3.92. The summed E-state index contributed by atoms with van der Waals surface area (Å²) >= 11 is 2.86. The summed E-state index contributed by atoms with van der Waals surface area (Å²) in [6.07, 6.45) is 0.325. The van der Waals surface area contributed by atoms with Gasteiger partial charge in [-0.05, 0) is 0 Å². The molecule has 0 aliphatic heterocycles. The Kier molecular flexibility index (Phi) is 11.8. The van der Waals surface area contributed by atoms with Crippen molar-refractivity contribution in [1.29, 1.82) is 0 Å². The largest absolute Gasteiger partial charge is 0.386 e. The molecule has 0 radical (unpaired) electrons. The average Bonchev–Trinajstić information content (AvgIpc) is 2.68. The smallest absolute Gasteiger partial charge is 0.318 e. The van der Waals surface area contributed by atoms with E-state index in [1.165, 1.54) is 23.1 Å². The van der Waals surface area contributed by atoms with Crippen LogP contribution in [0.25, 0.3) is 0 Å². The molecular formula is C8H17BrClN7O2S3. The highest BCUT2D eigenvalue weighted by Gasteiger charge is 2.04. The van der Waals surface area contributed by atoms with Gasteiger partial charge in [0.2, 0.25) is 5.13 Å². The lowest BCUT2D eigenvalue weighted by molar-refractivity contribution is 0.599. The van der Waals surface area contributed by atoms with Gasteiger partial charge in [0.05, 0.1) is 5.69 Å². The number of aromatic nitrogens is 1. The van der Waals surface area contributed by atoms with E-state index in [2.05, 4.69) is 14.4 Å².